The Kier molecular flexibility index (Phi) is 3.02. The van der Waals surface area contributed by atoms with Crippen molar-refractivity contribution in [2.45, 2.75) is 0 Å². The number of rotatable bonds is 3. The van der Waals surface area contributed by atoms with Crippen LogP contribution in [0.1, 0.15) is 10.4 Å². The summed E-state index contributed by atoms with van der Waals surface area (Å²) in [5, 5.41) is 16.7. The third kappa shape index (κ3) is 2.18. The molecule has 6 nitrogen and oxygen atoms in total. The lowest BCUT2D eigenvalue weighted by molar-refractivity contribution is 0.0697. The number of carbonyl (C=O) groups is 1. The summed E-state index contributed by atoms with van der Waals surface area (Å²) in [6.45, 7) is 0. The minimum absolute atomic E-state index is 0.0978. The summed E-state index contributed by atoms with van der Waals surface area (Å²) in [6.07, 6.45) is 0. The molecule has 0 amide bonds. The predicted molar refractivity (Wildman–Crippen MR) is 72.3 cm³/mol. The Balaban J connectivity index is 2.19. The van der Waals surface area contributed by atoms with Crippen LogP contribution in [-0.4, -0.2) is 33.2 Å². The van der Waals surface area contributed by atoms with Crippen molar-refractivity contribution in [3.05, 3.63) is 47.8 Å². The van der Waals surface area contributed by atoms with E-state index in [4.69, 9.17) is 9.84 Å². The minimum atomic E-state index is -1.06. The highest BCUT2D eigenvalue weighted by Gasteiger charge is 2.13. The molecule has 0 atom stereocenters. The first-order valence-electron chi connectivity index (χ1n) is 6.03. The number of carboxylic acids is 1. The van der Waals surface area contributed by atoms with Crippen molar-refractivity contribution in [2.24, 2.45) is 0 Å². The number of aromatic carboxylic acids is 1. The number of benzene rings is 2. The minimum Gasteiger partial charge on any atom is -0.497 e. The molecule has 3 rings (SSSR count). The molecule has 3 aromatic rings. The average Bonchev–Trinajstić information content (AvgIpc) is 2.90. The van der Waals surface area contributed by atoms with Crippen molar-refractivity contribution in [1.29, 1.82) is 0 Å². The predicted octanol–water partition coefficient (Wildman–Crippen LogP) is 2.27. The van der Waals surface area contributed by atoms with E-state index < -0.39 is 11.8 Å². The molecular weight excluding hydrogens is 277 g/mol. The van der Waals surface area contributed by atoms with Gasteiger partial charge in [-0.1, -0.05) is 5.21 Å². The van der Waals surface area contributed by atoms with Crippen LogP contribution in [0.2, 0.25) is 0 Å². The first-order valence-corrected chi connectivity index (χ1v) is 6.03. The third-order valence-corrected chi connectivity index (χ3v) is 3.07. The Hall–Kier alpha value is -2.96. The van der Waals surface area contributed by atoms with Crippen LogP contribution < -0.4 is 4.74 Å². The van der Waals surface area contributed by atoms with Crippen LogP contribution in [0.3, 0.4) is 0 Å². The number of nitrogens with zero attached hydrogens (tertiary/aromatic N) is 3. The number of halogens is 1. The zero-order valence-corrected chi connectivity index (χ0v) is 10.9. The molecule has 0 radical (unpaired) electrons. The lowest BCUT2D eigenvalue weighted by Crippen LogP contribution is -2.01. The lowest BCUT2D eigenvalue weighted by atomic mass is 10.2. The van der Waals surface area contributed by atoms with Gasteiger partial charge in [0.05, 0.1) is 18.2 Å². The number of carboxylic acid groups (broad SMARTS) is 1. The maximum absolute atomic E-state index is 14.0. The molecular formula is C14H10FN3O3. The van der Waals surface area contributed by atoms with Gasteiger partial charge in [-0.3, -0.25) is 0 Å². The Labute approximate surface area is 118 Å². The standard InChI is InChI=1S/C14H10FN3O3/c1-21-9-3-4-10(15)13(7-9)18-12-5-2-8(14(19)20)6-11(12)16-17-18/h2-7H,1H3,(H,19,20). The summed E-state index contributed by atoms with van der Waals surface area (Å²) in [5.74, 6) is -1.05. The van der Waals surface area contributed by atoms with Gasteiger partial charge in [-0.05, 0) is 30.3 Å². The average molecular weight is 287 g/mol. The molecule has 0 unspecified atom stereocenters. The Morgan fingerprint density at radius 2 is 2.10 bits per heavy atom. The van der Waals surface area contributed by atoms with Crippen LogP contribution in [0, 0.1) is 5.82 Å². The van der Waals surface area contributed by atoms with Crippen molar-refractivity contribution in [1.82, 2.24) is 15.0 Å². The fraction of sp³-hybridized carbons (Fsp3) is 0.0714. The fourth-order valence-corrected chi connectivity index (χ4v) is 2.02. The highest BCUT2D eigenvalue weighted by molar-refractivity contribution is 5.92. The van der Waals surface area contributed by atoms with Crippen molar-refractivity contribution >= 4 is 17.0 Å². The molecule has 0 aliphatic carbocycles. The van der Waals surface area contributed by atoms with Crippen LogP contribution in [0.5, 0.6) is 5.75 Å². The summed E-state index contributed by atoms with van der Waals surface area (Å²) in [7, 11) is 1.48. The molecule has 0 fully saturated rings. The third-order valence-electron chi connectivity index (χ3n) is 3.07. The van der Waals surface area contributed by atoms with Gasteiger partial charge in [-0.15, -0.1) is 5.10 Å². The first-order chi connectivity index (χ1) is 10.1. The molecule has 0 aliphatic heterocycles. The Morgan fingerprint density at radius 3 is 2.81 bits per heavy atom. The molecule has 0 aliphatic rings. The Bertz CT molecular complexity index is 845. The number of fused-ring (bicyclic) bond motifs is 1. The van der Waals surface area contributed by atoms with Gasteiger partial charge in [-0.2, -0.15) is 0 Å². The van der Waals surface area contributed by atoms with E-state index in [1.54, 1.807) is 0 Å². The molecule has 2 aromatic carbocycles. The fourth-order valence-electron chi connectivity index (χ4n) is 2.02. The van der Waals surface area contributed by atoms with E-state index in [1.165, 1.54) is 48.2 Å². The van der Waals surface area contributed by atoms with E-state index in [0.717, 1.165) is 0 Å². The van der Waals surface area contributed by atoms with Gasteiger partial charge in [0.25, 0.3) is 0 Å². The van der Waals surface area contributed by atoms with Crippen LogP contribution in [-0.2, 0) is 0 Å². The number of aromatic nitrogens is 3. The van der Waals surface area contributed by atoms with Gasteiger partial charge in [0.15, 0.2) is 0 Å². The smallest absolute Gasteiger partial charge is 0.335 e. The maximum Gasteiger partial charge on any atom is 0.335 e. The molecule has 1 heterocycles. The molecule has 1 aromatic heterocycles. The molecule has 0 spiro atoms. The van der Waals surface area contributed by atoms with Crippen molar-refractivity contribution in [3.63, 3.8) is 0 Å². The van der Waals surface area contributed by atoms with Crippen molar-refractivity contribution in [2.75, 3.05) is 7.11 Å². The summed E-state index contributed by atoms with van der Waals surface area (Å²) in [4.78, 5) is 10.9. The highest BCUT2D eigenvalue weighted by Crippen LogP contribution is 2.23. The lowest BCUT2D eigenvalue weighted by Gasteiger charge is -2.06. The van der Waals surface area contributed by atoms with E-state index in [1.807, 2.05) is 0 Å². The van der Waals surface area contributed by atoms with Crippen molar-refractivity contribution in [3.8, 4) is 11.4 Å². The van der Waals surface area contributed by atoms with Crippen LogP contribution >= 0.6 is 0 Å². The Morgan fingerprint density at radius 1 is 1.29 bits per heavy atom. The van der Waals surface area contributed by atoms with E-state index in [0.29, 0.717) is 16.8 Å². The van der Waals surface area contributed by atoms with E-state index >= 15 is 0 Å². The van der Waals surface area contributed by atoms with Gasteiger partial charge in [0.2, 0.25) is 0 Å². The quantitative estimate of drug-likeness (QED) is 0.799. The molecule has 0 saturated heterocycles. The number of hydrogen-bond donors (Lipinski definition) is 1. The number of hydrogen-bond acceptors (Lipinski definition) is 4. The molecule has 106 valence electrons. The monoisotopic (exact) mass is 287 g/mol. The SMILES string of the molecule is COc1ccc(F)c(-n2nnc3cc(C(=O)O)ccc32)c1. The van der Waals surface area contributed by atoms with E-state index in [-0.39, 0.29) is 11.3 Å². The van der Waals surface area contributed by atoms with Gasteiger partial charge in [0, 0.05) is 6.07 Å². The van der Waals surface area contributed by atoms with E-state index in [9.17, 15) is 9.18 Å². The van der Waals surface area contributed by atoms with E-state index in [2.05, 4.69) is 10.3 Å². The molecule has 21 heavy (non-hydrogen) atoms. The summed E-state index contributed by atoms with van der Waals surface area (Å²) >= 11 is 0. The molecule has 0 bridgehead atoms. The van der Waals surface area contributed by atoms with Gasteiger partial charge >= 0.3 is 5.97 Å². The topological polar surface area (TPSA) is 77.2 Å². The molecule has 0 saturated carbocycles. The maximum atomic E-state index is 14.0. The normalized spacial score (nSPS) is 10.8. The number of methoxy groups -OCH3 is 1. The van der Waals surface area contributed by atoms with Gasteiger partial charge in [-0.25, -0.2) is 13.9 Å². The second-order valence-electron chi connectivity index (χ2n) is 4.33. The van der Waals surface area contributed by atoms with Crippen LogP contribution in [0.25, 0.3) is 16.7 Å². The van der Waals surface area contributed by atoms with Gasteiger partial charge in [0.1, 0.15) is 22.8 Å². The number of ether oxygens (including phenoxy) is 1. The zero-order chi connectivity index (χ0) is 15.0. The zero-order valence-electron chi connectivity index (χ0n) is 10.9. The summed E-state index contributed by atoms with van der Waals surface area (Å²) < 4.78 is 20.3. The van der Waals surface area contributed by atoms with Gasteiger partial charge < -0.3 is 9.84 Å². The summed E-state index contributed by atoms with van der Waals surface area (Å²) in [6, 6.07) is 8.61. The van der Waals surface area contributed by atoms with Crippen LogP contribution in [0.4, 0.5) is 4.39 Å². The second-order valence-corrected chi connectivity index (χ2v) is 4.33. The highest BCUT2D eigenvalue weighted by atomic mass is 19.1. The van der Waals surface area contributed by atoms with Crippen molar-refractivity contribution < 1.29 is 19.0 Å². The summed E-state index contributed by atoms with van der Waals surface area (Å²) in [5.41, 5.74) is 1.16. The largest absolute Gasteiger partial charge is 0.497 e. The molecule has 7 heteroatoms. The van der Waals surface area contributed by atoms with Crippen LogP contribution in [0.15, 0.2) is 36.4 Å². The molecule has 1 N–H and O–H groups in total. The first kappa shape index (κ1) is 13.0. The second kappa shape index (κ2) is 4.86.